The Hall–Kier alpha value is -3.10. The van der Waals surface area contributed by atoms with Crippen LogP contribution in [0.1, 0.15) is 51.4 Å². The second kappa shape index (κ2) is 11.2. The van der Waals surface area contributed by atoms with Crippen LogP contribution in [-0.2, 0) is 23.8 Å². The first-order valence-electron chi connectivity index (χ1n) is 9.55. The van der Waals surface area contributed by atoms with Gasteiger partial charge in [-0.3, -0.25) is 10.1 Å². The van der Waals surface area contributed by atoms with Gasteiger partial charge in [0, 0.05) is 5.69 Å². The summed E-state index contributed by atoms with van der Waals surface area (Å²) in [4.78, 5) is 47.9. The van der Waals surface area contributed by atoms with Crippen LogP contribution in [0.15, 0.2) is 24.3 Å². The summed E-state index contributed by atoms with van der Waals surface area (Å²) < 4.78 is 14.8. The van der Waals surface area contributed by atoms with Crippen molar-refractivity contribution in [1.82, 2.24) is 5.32 Å². The zero-order valence-corrected chi connectivity index (χ0v) is 18.2. The van der Waals surface area contributed by atoms with Gasteiger partial charge in [-0.15, -0.1) is 0 Å². The largest absolute Gasteiger partial charge is 0.467 e. The predicted octanol–water partition coefficient (Wildman–Crippen LogP) is 2.89. The molecule has 0 saturated carbocycles. The summed E-state index contributed by atoms with van der Waals surface area (Å²) in [6, 6.07) is 5.21. The van der Waals surface area contributed by atoms with Gasteiger partial charge < -0.3 is 19.5 Å². The molecule has 0 aliphatic heterocycles. The first kappa shape index (κ1) is 24.9. The Balaban J connectivity index is 2.65. The molecule has 0 aromatic heterocycles. The minimum Gasteiger partial charge on any atom is -0.467 e. The van der Waals surface area contributed by atoms with Crippen LogP contribution in [0.2, 0.25) is 0 Å². The normalized spacial score (nSPS) is 12.0. The molecule has 0 saturated heterocycles. The molecule has 0 radical (unpaired) electrons. The first-order chi connectivity index (χ1) is 13.9. The number of hydrogen-bond acceptors (Lipinski definition) is 7. The first-order valence-corrected chi connectivity index (χ1v) is 9.55. The van der Waals surface area contributed by atoms with E-state index in [2.05, 4.69) is 15.4 Å². The highest BCUT2D eigenvalue weighted by molar-refractivity contribution is 5.94. The van der Waals surface area contributed by atoms with E-state index >= 15 is 0 Å². The molecule has 1 atom stereocenters. The van der Waals surface area contributed by atoms with Crippen LogP contribution in [0, 0.1) is 5.92 Å². The monoisotopic (exact) mass is 422 g/mol. The van der Waals surface area contributed by atoms with Gasteiger partial charge in [0.15, 0.2) is 6.61 Å². The van der Waals surface area contributed by atoms with Gasteiger partial charge in [0.1, 0.15) is 11.6 Å². The van der Waals surface area contributed by atoms with Crippen LogP contribution < -0.4 is 10.6 Å². The maximum atomic E-state index is 12.2. The number of esters is 2. The zero-order valence-electron chi connectivity index (χ0n) is 18.2. The maximum Gasteiger partial charge on any atom is 0.412 e. The summed E-state index contributed by atoms with van der Waals surface area (Å²) in [5.41, 5.74) is -0.181. The lowest BCUT2D eigenvalue weighted by atomic mass is 10.0. The lowest BCUT2D eigenvalue weighted by molar-refractivity contribution is -0.145. The SMILES string of the molecule is COC(=O)C(CC(C)C)NC(=O)COC(=O)c1cccc(NC(=O)OC(C)(C)C)c1. The lowest BCUT2D eigenvalue weighted by Crippen LogP contribution is -2.44. The van der Waals surface area contributed by atoms with Gasteiger partial charge in [0.2, 0.25) is 0 Å². The minimum absolute atomic E-state index is 0.142. The molecule has 2 amide bonds. The summed E-state index contributed by atoms with van der Waals surface area (Å²) in [6.07, 6.45) is -0.267. The second-order valence-corrected chi connectivity index (χ2v) is 8.06. The van der Waals surface area contributed by atoms with Crippen LogP contribution in [0.3, 0.4) is 0 Å². The van der Waals surface area contributed by atoms with Crippen LogP contribution in [-0.4, -0.2) is 49.3 Å². The number of rotatable bonds is 8. The predicted molar refractivity (Wildman–Crippen MR) is 110 cm³/mol. The van der Waals surface area contributed by atoms with E-state index in [1.807, 2.05) is 13.8 Å². The second-order valence-electron chi connectivity index (χ2n) is 8.06. The molecular weight excluding hydrogens is 392 g/mol. The van der Waals surface area contributed by atoms with Gasteiger partial charge in [-0.1, -0.05) is 19.9 Å². The molecule has 1 aromatic rings. The highest BCUT2D eigenvalue weighted by atomic mass is 16.6. The zero-order chi connectivity index (χ0) is 22.9. The van der Waals surface area contributed by atoms with Crippen molar-refractivity contribution in [2.24, 2.45) is 5.92 Å². The van der Waals surface area contributed by atoms with E-state index in [1.54, 1.807) is 32.9 Å². The van der Waals surface area contributed by atoms with Crippen molar-refractivity contribution >= 4 is 29.6 Å². The summed E-state index contributed by atoms with van der Waals surface area (Å²) in [5.74, 6) is -1.79. The number of carbonyl (C=O) groups excluding carboxylic acids is 4. The Kier molecular flexibility index (Phi) is 9.29. The van der Waals surface area contributed by atoms with Gasteiger partial charge >= 0.3 is 18.0 Å². The van der Waals surface area contributed by atoms with Gasteiger partial charge in [-0.05, 0) is 51.3 Å². The molecule has 166 valence electrons. The fourth-order valence-electron chi connectivity index (χ4n) is 2.42. The van der Waals surface area contributed by atoms with Crippen LogP contribution in [0.25, 0.3) is 0 Å². The summed E-state index contributed by atoms with van der Waals surface area (Å²) in [5, 5.41) is 5.02. The van der Waals surface area contributed by atoms with E-state index in [0.717, 1.165) is 0 Å². The van der Waals surface area contributed by atoms with Gasteiger partial charge in [0.05, 0.1) is 12.7 Å². The molecule has 0 heterocycles. The third-order valence-electron chi connectivity index (χ3n) is 3.61. The standard InChI is InChI=1S/C21H30N2O7/c1-13(2)10-16(19(26)28-6)23-17(24)12-29-18(25)14-8-7-9-15(11-14)22-20(27)30-21(3,4)5/h7-9,11,13,16H,10,12H2,1-6H3,(H,22,27)(H,23,24). The minimum atomic E-state index is -0.817. The molecule has 0 spiro atoms. The Morgan fingerprint density at radius 1 is 1.10 bits per heavy atom. The number of methoxy groups -OCH3 is 1. The highest BCUT2D eigenvalue weighted by Gasteiger charge is 2.23. The molecule has 9 heteroatoms. The molecule has 9 nitrogen and oxygen atoms in total. The van der Waals surface area contributed by atoms with Crippen LogP contribution in [0.4, 0.5) is 10.5 Å². The number of anilines is 1. The topological polar surface area (TPSA) is 120 Å². The van der Waals surface area contributed by atoms with E-state index in [1.165, 1.54) is 19.2 Å². The molecular formula is C21H30N2O7. The molecule has 0 aliphatic rings. The van der Waals surface area contributed by atoms with E-state index in [9.17, 15) is 19.2 Å². The van der Waals surface area contributed by atoms with Gasteiger partial charge in [-0.2, -0.15) is 0 Å². The fraction of sp³-hybridized carbons (Fsp3) is 0.524. The number of ether oxygens (including phenoxy) is 3. The summed E-state index contributed by atoms with van der Waals surface area (Å²) in [6.45, 7) is 8.45. The lowest BCUT2D eigenvalue weighted by Gasteiger charge is -2.19. The fourth-order valence-corrected chi connectivity index (χ4v) is 2.42. The molecule has 0 bridgehead atoms. The summed E-state index contributed by atoms with van der Waals surface area (Å²) in [7, 11) is 1.24. The van der Waals surface area contributed by atoms with Crippen molar-refractivity contribution < 1.29 is 33.4 Å². The number of nitrogens with one attached hydrogen (secondary N) is 2. The molecule has 1 unspecified atom stereocenters. The Morgan fingerprint density at radius 2 is 1.77 bits per heavy atom. The van der Waals surface area contributed by atoms with E-state index < -0.39 is 42.2 Å². The number of amides is 2. The highest BCUT2D eigenvalue weighted by Crippen LogP contribution is 2.14. The molecule has 0 aliphatic carbocycles. The molecule has 30 heavy (non-hydrogen) atoms. The molecule has 1 aromatic carbocycles. The van der Waals surface area contributed by atoms with E-state index in [0.29, 0.717) is 12.1 Å². The van der Waals surface area contributed by atoms with Crippen LogP contribution in [0.5, 0.6) is 0 Å². The number of carbonyl (C=O) groups is 4. The quantitative estimate of drug-likeness (QED) is 0.488. The molecule has 2 N–H and O–H groups in total. The Morgan fingerprint density at radius 3 is 2.33 bits per heavy atom. The van der Waals surface area contributed by atoms with E-state index in [-0.39, 0.29) is 11.5 Å². The molecule has 1 rings (SSSR count). The summed E-state index contributed by atoms with van der Waals surface area (Å²) >= 11 is 0. The number of benzene rings is 1. The third-order valence-corrected chi connectivity index (χ3v) is 3.61. The van der Waals surface area contributed by atoms with Crippen molar-refractivity contribution in [2.45, 2.75) is 52.7 Å². The van der Waals surface area contributed by atoms with Gasteiger partial charge in [0.25, 0.3) is 5.91 Å². The average Bonchev–Trinajstić information content (AvgIpc) is 2.63. The third kappa shape index (κ3) is 9.40. The van der Waals surface area contributed by atoms with Gasteiger partial charge in [-0.25, -0.2) is 14.4 Å². The smallest absolute Gasteiger partial charge is 0.412 e. The van der Waals surface area contributed by atoms with Crippen molar-refractivity contribution in [1.29, 1.82) is 0 Å². The Labute approximate surface area is 176 Å². The maximum absolute atomic E-state index is 12.2. The van der Waals surface area contributed by atoms with Crippen LogP contribution >= 0.6 is 0 Å². The number of hydrogen-bond donors (Lipinski definition) is 2. The van der Waals surface area contributed by atoms with Crippen molar-refractivity contribution in [3.8, 4) is 0 Å². The molecule has 0 fully saturated rings. The average molecular weight is 422 g/mol. The van der Waals surface area contributed by atoms with Crippen molar-refractivity contribution in [3.05, 3.63) is 29.8 Å². The van der Waals surface area contributed by atoms with E-state index in [4.69, 9.17) is 9.47 Å². The van der Waals surface area contributed by atoms with Crippen molar-refractivity contribution in [3.63, 3.8) is 0 Å². The Bertz CT molecular complexity index is 769. The van der Waals surface area contributed by atoms with Crippen molar-refractivity contribution in [2.75, 3.05) is 19.0 Å².